The summed E-state index contributed by atoms with van der Waals surface area (Å²) in [6, 6.07) is 25.4. The molecule has 0 spiro atoms. The third-order valence-electron chi connectivity index (χ3n) is 5.67. The number of rotatable bonds is 6. The Hall–Kier alpha value is -1.88. The second-order valence-electron chi connectivity index (χ2n) is 7.78. The van der Waals surface area contributed by atoms with E-state index >= 15 is 0 Å². The number of hydrogen-bond donors (Lipinski definition) is 1. The molecule has 3 aromatic rings. The average molecular weight is 442 g/mol. The van der Waals surface area contributed by atoms with Crippen LogP contribution in [0.25, 0.3) is 0 Å². The van der Waals surface area contributed by atoms with Crippen LogP contribution in [0.4, 0.5) is 0 Å². The van der Waals surface area contributed by atoms with Crippen molar-refractivity contribution in [2.24, 2.45) is 0 Å². The molecule has 0 bridgehead atoms. The van der Waals surface area contributed by atoms with E-state index < -0.39 is 11.7 Å². The van der Waals surface area contributed by atoms with Gasteiger partial charge < -0.3 is 9.84 Å². The Kier molecular flexibility index (Phi) is 6.77. The van der Waals surface area contributed by atoms with Crippen LogP contribution in [0.15, 0.2) is 78.9 Å². The minimum Gasteiger partial charge on any atom is -0.382 e. The average Bonchev–Trinajstić information content (AvgIpc) is 2.78. The topological polar surface area (TPSA) is 32.7 Å². The Morgan fingerprint density at radius 3 is 2.40 bits per heavy atom. The molecule has 30 heavy (non-hydrogen) atoms. The highest BCUT2D eigenvalue weighted by Crippen LogP contribution is 2.36. The summed E-state index contributed by atoms with van der Waals surface area (Å²) in [5.41, 5.74) is 1.64. The molecule has 1 aliphatic heterocycles. The normalized spacial score (nSPS) is 19.4. The first-order valence-corrected chi connectivity index (χ1v) is 10.9. The molecule has 1 aliphatic rings. The van der Waals surface area contributed by atoms with E-state index in [4.69, 9.17) is 27.9 Å². The monoisotopic (exact) mass is 441 g/mol. The van der Waals surface area contributed by atoms with Gasteiger partial charge >= 0.3 is 0 Å². The number of hydrogen-bond acceptors (Lipinski definition) is 3. The van der Waals surface area contributed by atoms with Crippen molar-refractivity contribution in [3.05, 3.63) is 106 Å². The minimum atomic E-state index is -1.23. The molecule has 1 unspecified atom stereocenters. The number of halogens is 2. The molecule has 4 rings (SSSR count). The van der Waals surface area contributed by atoms with Crippen LogP contribution >= 0.6 is 23.2 Å². The SMILES string of the molecule is OC(Cc1cc(Cl)ccc1Cl)(c1ccccc1)[C@@H]1CN(Cc2ccccc2)CCO1. The molecule has 3 aromatic carbocycles. The second-order valence-corrected chi connectivity index (χ2v) is 8.63. The first-order chi connectivity index (χ1) is 14.5. The standard InChI is InChI=1S/C25H25Cl2NO2/c26-22-11-12-23(27)20(15-22)16-25(29,21-9-5-2-6-10-21)24-18-28(13-14-30-24)17-19-7-3-1-4-8-19/h1-12,15,24,29H,13-14,16-18H2/t24-,25?/m0/s1. The van der Waals surface area contributed by atoms with Crippen molar-refractivity contribution in [3.8, 4) is 0 Å². The minimum absolute atomic E-state index is 0.320. The van der Waals surface area contributed by atoms with Gasteiger partial charge in [0.15, 0.2) is 0 Å². The van der Waals surface area contributed by atoms with Crippen LogP contribution in [-0.2, 0) is 23.3 Å². The molecular formula is C25H25Cl2NO2. The lowest BCUT2D eigenvalue weighted by atomic mass is 9.81. The zero-order valence-electron chi connectivity index (χ0n) is 16.7. The maximum atomic E-state index is 12.0. The largest absolute Gasteiger partial charge is 0.382 e. The first-order valence-electron chi connectivity index (χ1n) is 10.1. The fourth-order valence-electron chi connectivity index (χ4n) is 4.07. The summed E-state index contributed by atoms with van der Waals surface area (Å²) in [6.07, 6.45) is -0.0762. The number of benzene rings is 3. The maximum Gasteiger partial charge on any atom is 0.121 e. The third-order valence-corrected chi connectivity index (χ3v) is 6.28. The Bertz CT molecular complexity index is 967. The highest BCUT2D eigenvalue weighted by Gasteiger charge is 2.42. The van der Waals surface area contributed by atoms with Gasteiger partial charge in [-0.2, -0.15) is 0 Å². The second kappa shape index (κ2) is 9.51. The van der Waals surface area contributed by atoms with Gasteiger partial charge in [0.25, 0.3) is 0 Å². The van der Waals surface area contributed by atoms with Crippen molar-refractivity contribution < 1.29 is 9.84 Å². The van der Waals surface area contributed by atoms with Crippen molar-refractivity contribution in [2.45, 2.75) is 24.7 Å². The van der Waals surface area contributed by atoms with Gasteiger partial charge in [-0.05, 0) is 34.9 Å². The predicted molar refractivity (Wildman–Crippen MR) is 122 cm³/mol. The van der Waals surface area contributed by atoms with Crippen LogP contribution < -0.4 is 0 Å². The fraction of sp³-hybridized carbons (Fsp3) is 0.280. The van der Waals surface area contributed by atoms with Gasteiger partial charge in [-0.25, -0.2) is 0 Å². The predicted octanol–water partition coefficient (Wildman–Crippen LogP) is 5.32. The van der Waals surface area contributed by atoms with Gasteiger partial charge in [0.1, 0.15) is 11.7 Å². The van der Waals surface area contributed by atoms with E-state index in [-0.39, 0.29) is 0 Å². The molecule has 1 saturated heterocycles. The molecule has 0 saturated carbocycles. The molecule has 3 nitrogen and oxygen atoms in total. The molecule has 0 aliphatic carbocycles. The van der Waals surface area contributed by atoms with Gasteiger partial charge in [-0.1, -0.05) is 83.9 Å². The van der Waals surface area contributed by atoms with E-state index in [1.54, 1.807) is 12.1 Å². The van der Waals surface area contributed by atoms with Crippen LogP contribution in [0.2, 0.25) is 10.0 Å². The highest BCUT2D eigenvalue weighted by molar-refractivity contribution is 6.33. The lowest BCUT2D eigenvalue weighted by molar-refractivity contribution is -0.149. The number of nitrogens with zero attached hydrogens (tertiary/aromatic N) is 1. The molecular weight excluding hydrogens is 417 g/mol. The molecule has 0 amide bonds. The first kappa shape index (κ1) is 21.4. The lowest BCUT2D eigenvalue weighted by Crippen LogP contribution is -2.53. The highest BCUT2D eigenvalue weighted by atomic mass is 35.5. The molecule has 2 atom stereocenters. The van der Waals surface area contributed by atoms with Gasteiger partial charge in [-0.3, -0.25) is 4.90 Å². The Morgan fingerprint density at radius 1 is 0.967 bits per heavy atom. The van der Waals surface area contributed by atoms with Crippen LogP contribution in [-0.4, -0.2) is 35.8 Å². The zero-order chi connectivity index (χ0) is 21.0. The lowest BCUT2D eigenvalue weighted by Gasteiger charge is -2.42. The molecule has 1 heterocycles. The Morgan fingerprint density at radius 2 is 1.67 bits per heavy atom. The van der Waals surface area contributed by atoms with Crippen molar-refractivity contribution in [3.63, 3.8) is 0 Å². The molecule has 1 fully saturated rings. The van der Waals surface area contributed by atoms with Crippen molar-refractivity contribution in [1.82, 2.24) is 4.90 Å². The van der Waals surface area contributed by atoms with Crippen LogP contribution in [0.3, 0.4) is 0 Å². The Labute approximate surface area is 187 Å². The smallest absolute Gasteiger partial charge is 0.121 e. The van der Waals surface area contributed by atoms with Crippen molar-refractivity contribution >= 4 is 23.2 Å². The summed E-state index contributed by atoms with van der Waals surface area (Å²) in [5.74, 6) is 0. The molecule has 1 N–H and O–H groups in total. The van der Waals surface area contributed by atoms with Crippen LogP contribution in [0.5, 0.6) is 0 Å². The summed E-state index contributed by atoms with van der Waals surface area (Å²) in [6.45, 7) is 2.84. The summed E-state index contributed by atoms with van der Waals surface area (Å²) in [4.78, 5) is 2.33. The molecule has 5 heteroatoms. The maximum absolute atomic E-state index is 12.0. The van der Waals surface area contributed by atoms with E-state index in [1.165, 1.54) is 5.56 Å². The molecule has 156 valence electrons. The van der Waals surface area contributed by atoms with E-state index in [0.717, 1.165) is 24.2 Å². The number of ether oxygens (including phenoxy) is 1. The van der Waals surface area contributed by atoms with Gasteiger partial charge in [0.05, 0.1) is 6.61 Å². The quantitative estimate of drug-likeness (QED) is 0.561. The molecule has 0 radical (unpaired) electrons. The summed E-state index contributed by atoms with van der Waals surface area (Å²) in [7, 11) is 0. The van der Waals surface area contributed by atoms with E-state index in [0.29, 0.717) is 29.6 Å². The van der Waals surface area contributed by atoms with E-state index in [2.05, 4.69) is 29.2 Å². The van der Waals surface area contributed by atoms with Gasteiger partial charge in [0, 0.05) is 36.1 Å². The zero-order valence-corrected chi connectivity index (χ0v) is 18.2. The third kappa shape index (κ3) is 4.88. The summed E-state index contributed by atoms with van der Waals surface area (Å²) in [5, 5.41) is 13.2. The van der Waals surface area contributed by atoms with Crippen molar-refractivity contribution in [1.29, 1.82) is 0 Å². The van der Waals surface area contributed by atoms with Crippen molar-refractivity contribution in [2.75, 3.05) is 19.7 Å². The Balaban J connectivity index is 1.63. The number of aliphatic hydroxyl groups is 1. The van der Waals surface area contributed by atoms with Crippen LogP contribution in [0, 0.1) is 0 Å². The number of morpholine rings is 1. The van der Waals surface area contributed by atoms with E-state index in [1.807, 2.05) is 42.5 Å². The van der Waals surface area contributed by atoms with E-state index in [9.17, 15) is 5.11 Å². The van der Waals surface area contributed by atoms with Crippen LogP contribution in [0.1, 0.15) is 16.7 Å². The summed E-state index contributed by atoms with van der Waals surface area (Å²) < 4.78 is 6.14. The molecule has 0 aromatic heterocycles. The fourth-order valence-corrected chi connectivity index (χ4v) is 4.45. The summed E-state index contributed by atoms with van der Waals surface area (Å²) >= 11 is 12.7. The van der Waals surface area contributed by atoms with Gasteiger partial charge in [0.2, 0.25) is 0 Å². The van der Waals surface area contributed by atoms with Gasteiger partial charge in [-0.15, -0.1) is 0 Å².